The molecule has 0 saturated carbocycles. The number of hydrogen-bond acceptors (Lipinski definition) is 5. The van der Waals surface area contributed by atoms with E-state index in [1.54, 1.807) is 23.0 Å². The number of furan rings is 1. The van der Waals surface area contributed by atoms with Crippen molar-refractivity contribution in [2.24, 2.45) is 0 Å². The van der Waals surface area contributed by atoms with E-state index in [-0.39, 0.29) is 16.7 Å². The van der Waals surface area contributed by atoms with Gasteiger partial charge in [-0.3, -0.25) is 9.48 Å². The third-order valence-corrected chi connectivity index (χ3v) is 4.96. The number of amides is 1. The molecule has 0 radical (unpaired) electrons. The Morgan fingerprint density at radius 2 is 2.04 bits per heavy atom. The first-order chi connectivity index (χ1) is 12.3. The van der Waals surface area contributed by atoms with Gasteiger partial charge in [-0.1, -0.05) is 6.07 Å². The Labute approximate surface area is 151 Å². The third-order valence-electron chi connectivity index (χ3n) is 3.85. The van der Waals surface area contributed by atoms with Crippen LogP contribution >= 0.6 is 0 Å². The summed E-state index contributed by atoms with van der Waals surface area (Å²) >= 11 is 0. The van der Waals surface area contributed by atoms with Gasteiger partial charge < -0.3 is 9.73 Å². The van der Waals surface area contributed by atoms with Crippen LogP contribution in [0.1, 0.15) is 30.4 Å². The van der Waals surface area contributed by atoms with Gasteiger partial charge in [-0.25, -0.2) is 8.42 Å². The molecule has 136 valence electrons. The molecule has 0 aliphatic rings. The number of benzene rings is 1. The molecule has 0 unspecified atom stereocenters. The van der Waals surface area contributed by atoms with Crippen LogP contribution in [0.2, 0.25) is 0 Å². The number of hydrogen-bond donors (Lipinski definition) is 1. The SMILES string of the molecule is CC(C)n1cc(-c2ccc(S(C)(=O)=O)cc2NC(=O)c2ccco2)cn1. The fraction of sp³-hybridized carbons (Fsp3) is 0.222. The molecule has 1 amide bonds. The molecule has 26 heavy (non-hydrogen) atoms. The molecule has 2 heterocycles. The zero-order valence-corrected chi connectivity index (χ0v) is 15.4. The summed E-state index contributed by atoms with van der Waals surface area (Å²) in [5, 5.41) is 7.03. The maximum Gasteiger partial charge on any atom is 0.291 e. The van der Waals surface area contributed by atoms with Crippen molar-refractivity contribution in [3.63, 3.8) is 0 Å². The fourth-order valence-corrected chi connectivity index (χ4v) is 3.11. The van der Waals surface area contributed by atoms with E-state index in [4.69, 9.17) is 4.42 Å². The number of aromatic nitrogens is 2. The van der Waals surface area contributed by atoms with E-state index < -0.39 is 15.7 Å². The van der Waals surface area contributed by atoms with Crippen molar-refractivity contribution in [2.45, 2.75) is 24.8 Å². The van der Waals surface area contributed by atoms with Crippen LogP contribution in [-0.4, -0.2) is 30.4 Å². The highest BCUT2D eigenvalue weighted by Gasteiger charge is 2.17. The van der Waals surface area contributed by atoms with E-state index in [2.05, 4.69) is 10.4 Å². The zero-order chi connectivity index (χ0) is 18.9. The first kappa shape index (κ1) is 17.9. The minimum absolute atomic E-state index is 0.118. The van der Waals surface area contributed by atoms with E-state index in [1.807, 2.05) is 20.0 Å². The highest BCUT2D eigenvalue weighted by Crippen LogP contribution is 2.31. The molecule has 1 N–H and O–H groups in total. The Morgan fingerprint density at radius 3 is 2.62 bits per heavy atom. The smallest absolute Gasteiger partial charge is 0.291 e. The quantitative estimate of drug-likeness (QED) is 0.740. The summed E-state index contributed by atoms with van der Waals surface area (Å²) in [7, 11) is -3.42. The molecule has 3 aromatic rings. The van der Waals surface area contributed by atoms with Crippen molar-refractivity contribution in [3.05, 3.63) is 54.7 Å². The van der Waals surface area contributed by atoms with Crippen LogP contribution in [0, 0.1) is 0 Å². The molecule has 7 nitrogen and oxygen atoms in total. The van der Waals surface area contributed by atoms with E-state index in [0.717, 1.165) is 11.8 Å². The zero-order valence-electron chi connectivity index (χ0n) is 14.6. The van der Waals surface area contributed by atoms with Crippen LogP contribution in [0.5, 0.6) is 0 Å². The molecule has 2 aromatic heterocycles. The largest absolute Gasteiger partial charge is 0.459 e. The lowest BCUT2D eigenvalue weighted by Crippen LogP contribution is -2.12. The van der Waals surface area contributed by atoms with Crippen molar-refractivity contribution in [1.82, 2.24) is 9.78 Å². The maximum absolute atomic E-state index is 12.4. The molecule has 8 heteroatoms. The molecule has 0 spiro atoms. The molecule has 0 atom stereocenters. The summed E-state index contributed by atoms with van der Waals surface area (Å²) in [5.74, 6) is -0.322. The second-order valence-electron chi connectivity index (χ2n) is 6.21. The van der Waals surface area contributed by atoms with Crippen molar-refractivity contribution >= 4 is 21.4 Å². The van der Waals surface area contributed by atoms with Crippen LogP contribution in [0.15, 0.2) is 58.3 Å². The van der Waals surface area contributed by atoms with Crippen molar-refractivity contribution in [3.8, 4) is 11.1 Å². The monoisotopic (exact) mass is 373 g/mol. The Hall–Kier alpha value is -2.87. The van der Waals surface area contributed by atoms with Gasteiger partial charge in [0, 0.05) is 29.6 Å². The molecule has 0 bridgehead atoms. The van der Waals surface area contributed by atoms with Crippen LogP contribution in [-0.2, 0) is 9.84 Å². The number of carbonyl (C=O) groups is 1. The van der Waals surface area contributed by atoms with E-state index in [0.29, 0.717) is 11.3 Å². The van der Waals surface area contributed by atoms with Crippen molar-refractivity contribution in [1.29, 1.82) is 0 Å². The highest BCUT2D eigenvalue weighted by molar-refractivity contribution is 7.90. The van der Waals surface area contributed by atoms with Crippen LogP contribution in [0.3, 0.4) is 0 Å². The topological polar surface area (TPSA) is 94.2 Å². The predicted molar refractivity (Wildman–Crippen MR) is 97.8 cm³/mol. The maximum atomic E-state index is 12.4. The van der Waals surface area contributed by atoms with Crippen molar-refractivity contribution in [2.75, 3.05) is 11.6 Å². The van der Waals surface area contributed by atoms with Gasteiger partial charge in [0.15, 0.2) is 15.6 Å². The summed E-state index contributed by atoms with van der Waals surface area (Å²) in [6.45, 7) is 4.01. The molecular formula is C18H19N3O4S. The van der Waals surface area contributed by atoms with E-state index in [9.17, 15) is 13.2 Å². The van der Waals surface area contributed by atoms with E-state index in [1.165, 1.54) is 24.5 Å². The second kappa shape index (κ2) is 6.80. The van der Waals surface area contributed by atoms with Crippen molar-refractivity contribution < 1.29 is 17.6 Å². The minimum Gasteiger partial charge on any atom is -0.459 e. The molecule has 1 aromatic carbocycles. The number of sulfone groups is 1. The Balaban J connectivity index is 2.06. The highest BCUT2D eigenvalue weighted by atomic mass is 32.2. The third kappa shape index (κ3) is 3.70. The van der Waals surface area contributed by atoms with E-state index >= 15 is 0 Å². The minimum atomic E-state index is -3.42. The lowest BCUT2D eigenvalue weighted by molar-refractivity contribution is 0.0996. The van der Waals surface area contributed by atoms with Gasteiger partial charge in [-0.2, -0.15) is 5.10 Å². The standard InChI is InChI=1S/C18H19N3O4S/c1-12(2)21-11-13(10-19-21)15-7-6-14(26(3,23)24)9-16(15)20-18(22)17-5-4-8-25-17/h4-12H,1-3H3,(H,20,22). The molecule has 0 aliphatic carbocycles. The Bertz CT molecular complexity index is 1030. The second-order valence-corrected chi connectivity index (χ2v) is 8.23. The van der Waals surface area contributed by atoms with Crippen LogP contribution in [0.4, 0.5) is 5.69 Å². The van der Waals surface area contributed by atoms with Gasteiger partial charge in [-0.05, 0) is 38.1 Å². The summed E-state index contributed by atoms with van der Waals surface area (Å²) < 4.78 is 30.7. The Morgan fingerprint density at radius 1 is 1.27 bits per heavy atom. The average Bonchev–Trinajstić information content (AvgIpc) is 3.26. The Kier molecular flexibility index (Phi) is 4.69. The molecular weight excluding hydrogens is 354 g/mol. The van der Waals surface area contributed by atoms with Crippen LogP contribution in [0.25, 0.3) is 11.1 Å². The van der Waals surface area contributed by atoms with Crippen LogP contribution < -0.4 is 5.32 Å². The van der Waals surface area contributed by atoms with Gasteiger partial charge >= 0.3 is 0 Å². The van der Waals surface area contributed by atoms with Gasteiger partial charge in [0.2, 0.25) is 0 Å². The average molecular weight is 373 g/mol. The number of carbonyl (C=O) groups excluding carboxylic acids is 1. The molecule has 0 aliphatic heterocycles. The number of nitrogens with zero attached hydrogens (tertiary/aromatic N) is 2. The lowest BCUT2D eigenvalue weighted by Gasteiger charge is -2.11. The van der Waals surface area contributed by atoms with Gasteiger partial charge in [0.1, 0.15) is 0 Å². The summed E-state index contributed by atoms with van der Waals surface area (Å²) in [6, 6.07) is 7.94. The lowest BCUT2D eigenvalue weighted by atomic mass is 10.1. The number of nitrogens with one attached hydrogen (secondary N) is 1. The molecule has 0 fully saturated rings. The first-order valence-corrected chi connectivity index (χ1v) is 9.88. The number of rotatable bonds is 5. The number of anilines is 1. The molecule has 3 rings (SSSR count). The normalized spacial score (nSPS) is 11.7. The summed E-state index contributed by atoms with van der Waals surface area (Å²) in [5.41, 5.74) is 1.82. The van der Waals surface area contributed by atoms with Gasteiger partial charge in [0.05, 0.1) is 23.0 Å². The molecule has 0 saturated heterocycles. The predicted octanol–water partition coefficient (Wildman–Crippen LogP) is 3.38. The van der Waals surface area contributed by atoms with Gasteiger partial charge in [0.25, 0.3) is 5.91 Å². The summed E-state index contributed by atoms with van der Waals surface area (Å²) in [4.78, 5) is 12.5. The summed E-state index contributed by atoms with van der Waals surface area (Å²) in [6.07, 6.45) is 6.05. The fourth-order valence-electron chi connectivity index (χ4n) is 2.46. The first-order valence-electron chi connectivity index (χ1n) is 7.99. The van der Waals surface area contributed by atoms with Gasteiger partial charge in [-0.15, -0.1) is 0 Å².